The zero-order valence-electron chi connectivity index (χ0n) is 10.8. The molecular formula is C12H17F2NO3S. The zero-order chi connectivity index (χ0) is 14.6. The second-order valence-electron chi connectivity index (χ2n) is 4.50. The number of hydrogen-bond donors (Lipinski definition) is 2. The highest BCUT2D eigenvalue weighted by Gasteiger charge is 2.21. The van der Waals surface area contributed by atoms with Crippen LogP contribution < -0.4 is 4.72 Å². The van der Waals surface area contributed by atoms with Crippen molar-refractivity contribution < 1.29 is 22.3 Å². The molecule has 0 bridgehead atoms. The smallest absolute Gasteiger partial charge is 0.243 e. The third kappa shape index (κ3) is 4.22. The second-order valence-corrected chi connectivity index (χ2v) is 6.24. The van der Waals surface area contributed by atoms with Gasteiger partial charge in [-0.2, -0.15) is 0 Å². The second kappa shape index (κ2) is 6.40. The molecular weight excluding hydrogens is 276 g/mol. The number of benzene rings is 1. The van der Waals surface area contributed by atoms with E-state index in [1.54, 1.807) is 6.92 Å². The summed E-state index contributed by atoms with van der Waals surface area (Å²) in [5.41, 5.74) is 0.0464. The Balaban J connectivity index is 2.92. The van der Waals surface area contributed by atoms with Crippen molar-refractivity contribution in [3.8, 4) is 0 Å². The van der Waals surface area contributed by atoms with E-state index in [4.69, 9.17) is 5.11 Å². The third-order valence-electron chi connectivity index (χ3n) is 2.75. The SMILES string of the molecule is Cc1cc(F)c(S(=O)(=O)NCC(C)CCO)cc1F. The van der Waals surface area contributed by atoms with Gasteiger partial charge in [0.1, 0.15) is 16.5 Å². The van der Waals surface area contributed by atoms with Gasteiger partial charge in [-0.25, -0.2) is 21.9 Å². The van der Waals surface area contributed by atoms with Gasteiger partial charge in [-0.05, 0) is 37.0 Å². The molecule has 0 amide bonds. The topological polar surface area (TPSA) is 66.4 Å². The molecule has 1 aromatic carbocycles. The van der Waals surface area contributed by atoms with Gasteiger partial charge in [-0.3, -0.25) is 0 Å². The number of aliphatic hydroxyl groups is 1. The van der Waals surface area contributed by atoms with Gasteiger partial charge in [0.2, 0.25) is 10.0 Å². The van der Waals surface area contributed by atoms with Crippen LogP contribution in [0.1, 0.15) is 18.9 Å². The molecule has 0 saturated carbocycles. The Labute approximate surface area is 111 Å². The van der Waals surface area contributed by atoms with Crippen molar-refractivity contribution in [1.29, 1.82) is 0 Å². The molecule has 7 heteroatoms. The minimum Gasteiger partial charge on any atom is -0.396 e. The zero-order valence-corrected chi connectivity index (χ0v) is 11.6. The lowest BCUT2D eigenvalue weighted by atomic mass is 10.1. The van der Waals surface area contributed by atoms with Crippen LogP contribution in [0.2, 0.25) is 0 Å². The number of aryl methyl sites for hydroxylation is 1. The molecule has 0 radical (unpaired) electrons. The highest BCUT2D eigenvalue weighted by atomic mass is 32.2. The summed E-state index contributed by atoms with van der Waals surface area (Å²) in [5.74, 6) is -1.86. The predicted octanol–water partition coefficient (Wildman–Crippen LogP) is 1.57. The summed E-state index contributed by atoms with van der Waals surface area (Å²) < 4.78 is 52.8. The van der Waals surface area contributed by atoms with Gasteiger partial charge in [0, 0.05) is 13.2 Å². The van der Waals surface area contributed by atoms with Gasteiger partial charge in [-0.1, -0.05) is 6.92 Å². The number of sulfonamides is 1. The monoisotopic (exact) mass is 293 g/mol. The van der Waals surface area contributed by atoms with E-state index >= 15 is 0 Å². The molecule has 2 N–H and O–H groups in total. The van der Waals surface area contributed by atoms with Gasteiger partial charge in [0.15, 0.2) is 0 Å². The van der Waals surface area contributed by atoms with E-state index in [0.717, 1.165) is 6.07 Å². The normalized spacial score (nSPS) is 13.5. The van der Waals surface area contributed by atoms with Gasteiger partial charge < -0.3 is 5.11 Å². The lowest BCUT2D eigenvalue weighted by Gasteiger charge is -2.12. The maximum absolute atomic E-state index is 13.6. The average Bonchev–Trinajstić information content (AvgIpc) is 2.31. The molecule has 0 fully saturated rings. The molecule has 1 atom stereocenters. The van der Waals surface area contributed by atoms with Crippen LogP contribution in [-0.4, -0.2) is 26.7 Å². The molecule has 0 saturated heterocycles. The van der Waals surface area contributed by atoms with Crippen molar-refractivity contribution in [3.05, 3.63) is 29.3 Å². The van der Waals surface area contributed by atoms with Crippen LogP contribution >= 0.6 is 0 Å². The summed E-state index contributed by atoms with van der Waals surface area (Å²) in [6.45, 7) is 3.09. The van der Waals surface area contributed by atoms with Gasteiger partial charge in [0.25, 0.3) is 0 Å². The van der Waals surface area contributed by atoms with Crippen LogP contribution in [0, 0.1) is 24.5 Å². The molecule has 1 aromatic rings. The van der Waals surface area contributed by atoms with E-state index in [0.29, 0.717) is 12.5 Å². The van der Waals surface area contributed by atoms with Crippen molar-refractivity contribution in [2.45, 2.75) is 25.2 Å². The van der Waals surface area contributed by atoms with Crippen LogP contribution in [0.25, 0.3) is 0 Å². The van der Waals surface area contributed by atoms with Crippen molar-refractivity contribution in [1.82, 2.24) is 4.72 Å². The Morgan fingerprint density at radius 3 is 2.53 bits per heavy atom. The standard InChI is InChI=1S/C12H17F2NO3S/c1-8(3-4-16)7-15-19(17,18)12-6-10(13)9(2)5-11(12)14/h5-6,8,15-16H,3-4,7H2,1-2H3. The summed E-state index contributed by atoms with van der Waals surface area (Å²) in [5, 5.41) is 8.71. The Morgan fingerprint density at radius 1 is 1.32 bits per heavy atom. The summed E-state index contributed by atoms with van der Waals surface area (Å²) in [4.78, 5) is -0.702. The fourth-order valence-electron chi connectivity index (χ4n) is 1.49. The number of halogens is 2. The first kappa shape index (κ1) is 16.0. The number of rotatable bonds is 6. The van der Waals surface area contributed by atoms with Crippen molar-refractivity contribution in [3.63, 3.8) is 0 Å². The third-order valence-corrected chi connectivity index (χ3v) is 4.18. The van der Waals surface area contributed by atoms with Gasteiger partial charge in [0.05, 0.1) is 0 Å². The molecule has 108 valence electrons. The van der Waals surface area contributed by atoms with E-state index in [9.17, 15) is 17.2 Å². The number of aliphatic hydroxyl groups excluding tert-OH is 1. The van der Waals surface area contributed by atoms with Crippen molar-refractivity contribution in [2.24, 2.45) is 5.92 Å². The summed E-state index contributed by atoms with van der Waals surface area (Å²) in [7, 11) is -4.09. The first-order valence-electron chi connectivity index (χ1n) is 5.84. The molecule has 4 nitrogen and oxygen atoms in total. The molecule has 1 rings (SSSR count). The molecule has 0 heterocycles. The summed E-state index contributed by atoms with van der Waals surface area (Å²) >= 11 is 0. The Bertz CT molecular complexity index is 546. The van der Waals surface area contributed by atoms with E-state index < -0.39 is 26.6 Å². The fourth-order valence-corrected chi connectivity index (χ4v) is 2.72. The van der Waals surface area contributed by atoms with Crippen molar-refractivity contribution in [2.75, 3.05) is 13.2 Å². The molecule has 1 unspecified atom stereocenters. The van der Waals surface area contributed by atoms with Gasteiger partial charge >= 0.3 is 0 Å². The lowest BCUT2D eigenvalue weighted by molar-refractivity contribution is 0.263. The quantitative estimate of drug-likeness (QED) is 0.836. The van der Waals surface area contributed by atoms with Crippen LogP contribution in [0.5, 0.6) is 0 Å². The summed E-state index contributed by atoms with van der Waals surface area (Å²) in [6.07, 6.45) is 0.424. The minimum absolute atomic E-state index is 0.0464. The predicted molar refractivity (Wildman–Crippen MR) is 67.2 cm³/mol. The Kier molecular flexibility index (Phi) is 5.39. The molecule has 0 spiro atoms. The molecule has 0 aromatic heterocycles. The average molecular weight is 293 g/mol. The maximum atomic E-state index is 13.6. The Morgan fingerprint density at radius 2 is 1.95 bits per heavy atom. The highest BCUT2D eigenvalue weighted by molar-refractivity contribution is 7.89. The highest BCUT2D eigenvalue weighted by Crippen LogP contribution is 2.19. The fraction of sp³-hybridized carbons (Fsp3) is 0.500. The largest absolute Gasteiger partial charge is 0.396 e. The van der Waals surface area contributed by atoms with Crippen molar-refractivity contribution >= 4 is 10.0 Å². The van der Waals surface area contributed by atoms with Crippen LogP contribution in [-0.2, 0) is 10.0 Å². The molecule has 0 aliphatic rings. The molecule has 0 aliphatic heterocycles. The first-order valence-corrected chi connectivity index (χ1v) is 7.32. The van der Waals surface area contributed by atoms with Crippen LogP contribution in [0.4, 0.5) is 8.78 Å². The van der Waals surface area contributed by atoms with E-state index in [1.807, 2.05) is 0 Å². The van der Waals surface area contributed by atoms with E-state index in [1.165, 1.54) is 6.92 Å². The van der Waals surface area contributed by atoms with Crippen LogP contribution in [0.15, 0.2) is 17.0 Å². The molecule has 0 aliphatic carbocycles. The number of hydrogen-bond acceptors (Lipinski definition) is 3. The molecule has 19 heavy (non-hydrogen) atoms. The van der Waals surface area contributed by atoms with E-state index in [-0.39, 0.29) is 24.6 Å². The first-order chi connectivity index (χ1) is 8.77. The lowest BCUT2D eigenvalue weighted by Crippen LogP contribution is -2.29. The minimum atomic E-state index is -4.09. The Hall–Kier alpha value is -1.05. The van der Waals surface area contributed by atoms with Gasteiger partial charge in [-0.15, -0.1) is 0 Å². The van der Waals surface area contributed by atoms with Crippen LogP contribution in [0.3, 0.4) is 0 Å². The summed E-state index contributed by atoms with van der Waals surface area (Å²) in [6, 6.07) is 1.52. The number of nitrogens with one attached hydrogen (secondary N) is 1. The van der Waals surface area contributed by atoms with E-state index in [2.05, 4.69) is 4.72 Å². The maximum Gasteiger partial charge on any atom is 0.243 e.